The average Bonchev–Trinajstić information content (AvgIpc) is 2.96. The van der Waals surface area contributed by atoms with E-state index in [0.717, 1.165) is 22.3 Å². The minimum Gasteiger partial charge on any atom is -0.423 e. The molecule has 0 fully saturated rings. The summed E-state index contributed by atoms with van der Waals surface area (Å²) in [6.45, 7) is 12.0. The molecular formula is C35H32O4. The van der Waals surface area contributed by atoms with Crippen LogP contribution in [0.1, 0.15) is 56.8 Å². The molecule has 4 aromatic carbocycles. The van der Waals surface area contributed by atoms with Gasteiger partial charge in [-0.15, -0.1) is 13.2 Å². The molecule has 39 heavy (non-hydrogen) atoms. The highest BCUT2D eigenvalue weighted by molar-refractivity contribution is 5.91. The fraction of sp³-hybridized carbons (Fsp3) is 0.143. The van der Waals surface area contributed by atoms with Gasteiger partial charge in [0.2, 0.25) is 0 Å². The second-order valence-electron chi connectivity index (χ2n) is 9.77. The third-order valence-corrected chi connectivity index (χ3v) is 6.72. The normalized spacial score (nSPS) is 10.9. The highest BCUT2D eigenvalue weighted by Crippen LogP contribution is 2.37. The lowest BCUT2D eigenvalue weighted by molar-refractivity contribution is 0.0724. The minimum atomic E-state index is -0.400. The van der Waals surface area contributed by atoms with E-state index >= 15 is 0 Å². The van der Waals surface area contributed by atoms with Crippen LogP contribution >= 0.6 is 0 Å². The van der Waals surface area contributed by atoms with Crippen molar-refractivity contribution in [2.75, 3.05) is 0 Å². The second kappa shape index (κ2) is 12.2. The molecule has 0 N–H and O–H groups in total. The molecule has 0 aromatic heterocycles. The molecule has 0 aliphatic rings. The smallest absolute Gasteiger partial charge is 0.343 e. The molecule has 4 rings (SSSR count). The SMILES string of the molecule is C=CCc1cc(C(C)(C)c2ccc(OC(=O)c3ccccc3)c(CC=C)c2)ccc1OC(=O)c1ccccc1. The maximum absolute atomic E-state index is 12.7. The Kier molecular flexibility index (Phi) is 8.57. The lowest BCUT2D eigenvalue weighted by Crippen LogP contribution is -2.20. The molecule has 0 heterocycles. The quantitative estimate of drug-likeness (QED) is 0.122. The Hall–Kier alpha value is -4.70. The fourth-order valence-electron chi connectivity index (χ4n) is 4.40. The Bertz CT molecular complexity index is 1370. The van der Waals surface area contributed by atoms with Crippen molar-refractivity contribution >= 4 is 11.9 Å². The predicted molar refractivity (Wildman–Crippen MR) is 156 cm³/mol. The Balaban J connectivity index is 1.63. The number of carbonyl (C=O) groups excluding carboxylic acids is 2. The van der Waals surface area contributed by atoms with Gasteiger partial charge in [0.05, 0.1) is 11.1 Å². The zero-order valence-corrected chi connectivity index (χ0v) is 22.4. The van der Waals surface area contributed by atoms with Gasteiger partial charge in [0.15, 0.2) is 0 Å². The summed E-state index contributed by atoms with van der Waals surface area (Å²) in [5, 5.41) is 0. The van der Waals surface area contributed by atoms with E-state index < -0.39 is 17.4 Å². The molecule has 0 spiro atoms. The van der Waals surface area contributed by atoms with Crippen LogP contribution in [0.5, 0.6) is 11.5 Å². The number of allylic oxidation sites excluding steroid dienone is 2. The number of esters is 2. The minimum absolute atomic E-state index is 0.393. The lowest BCUT2D eigenvalue weighted by atomic mass is 9.76. The van der Waals surface area contributed by atoms with Gasteiger partial charge in [-0.3, -0.25) is 0 Å². The highest BCUT2D eigenvalue weighted by atomic mass is 16.5. The summed E-state index contributed by atoms with van der Waals surface area (Å²) in [7, 11) is 0. The van der Waals surface area contributed by atoms with E-state index in [0.29, 0.717) is 35.5 Å². The molecule has 4 aromatic rings. The Labute approximate surface area is 230 Å². The predicted octanol–water partition coefficient (Wildman–Crippen LogP) is 7.91. The molecular weight excluding hydrogens is 484 g/mol. The largest absolute Gasteiger partial charge is 0.423 e. The van der Waals surface area contributed by atoms with Crippen molar-refractivity contribution in [2.45, 2.75) is 32.1 Å². The molecule has 0 aliphatic carbocycles. The molecule has 0 aliphatic heterocycles. The molecule has 0 atom stereocenters. The molecule has 0 amide bonds. The maximum atomic E-state index is 12.7. The van der Waals surface area contributed by atoms with Gasteiger partial charge in [-0.05, 0) is 71.5 Å². The Morgan fingerprint density at radius 3 is 1.38 bits per heavy atom. The number of ether oxygens (including phenoxy) is 2. The van der Waals surface area contributed by atoms with Gasteiger partial charge in [-0.2, -0.15) is 0 Å². The van der Waals surface area contributed by atoms with Crippen molar-refractivity contribution in [3.8, 4) is 11.5 Å². The van der Waals surface area contributed by atoms with Gasteiger partial charge in [0, 0.05) is 5.41 Å². The first kappa shape index (κ1) is 27.3. The summed E-state index contributed by atoms with van der Waals surface area (Å²) in [4.78, 5) is 25.4. The molecule has 0 radical (unpaired) electrons. The molecule has 0 saturated carbocycles. The molecule has 4 heteroatoms. The number of hydrogen-bond acceptors (Lipinski definition) is 4. The van der Waals surface area contributed by atoms with Crippen molar-refractivity contribution < 1.29 is 19.1 Å². The van der Waals surface area contributed by atoms with Crippen LogP contribution < -0.4 is 9.47 Å². The third kappa shape index (κ3) is 6.42. The monoisotopic (exact) mass is 516 g/mol. The fourth-order valence-corrected chi connectivity index (χ4v) is 4.40. The number of benzene rings is 4. The summed E-state index contributed by atoms with van der Waals surface area (Å²) < 4.78 is 11.5. The average molecular weight is 517 g/mol. The first-order valence-electron chi connectivity index (χ1n) is 12.9. The Morgan fingerprint density at radius 1 is 0.641 bits per heavy atom. The van der Waals surface area contributed by atoms with E-state index in [9.17, 15) is 9.59 Å². The number of rotatable bonds is 10. The zero-order valence-electron chi connectivity index (χ0n) is 22.4. The van der Waals surface area contributed by atoms with Crippen molar-refractivity contribution in [3.05, 3.63) is 156 Å². The van der Waals surface area contributed by atoms with Crippen molar-refractivity contribution in [1.29, 1.82) is 0 Å². The van der Waals surface area contributed by atoms with Gasteiger partial charge in [0.1, 0.15) is 11.5 Å². The Morgan fingerprint density at radius 2 is 1.03 bits per heavy atom. The van der Waals surface area contributed by atoms with Gasteiger partial charge in [0.25, 0.3) is 0 Å². The van der Waals surface area contributed by atoms with Crippen LogP contribution in [0.4, 0.5) is 0 Å². The van der Waals surface area contributed by atoms with E-state index in [2.05, 4.69) is 39.1 Å². The van der Waals surface area contributed by atoms with Crippen molar-refractivity contribution in [3.63, 3.8) is 0 Å². The summed E-state index contributed by atoms with van der Waals surface area (Å²) in [5.41, 5.74) is 4.45. The van der Waals surface area contributed by atoms with Crippen LogP contribution in [0.3, 0.4) is 0 Å². The second-order valence-corrected chi connectivity index (χ2v) is 9.77. The van der Waals surface area contributed by atoms with Gasteiger partial charge < -0.3 is 9.47 Å². The van der Waals surface area contributed by atoms with E-state index in [1.54, 1.807) is 60.7 Å². The topological polar surface area (TPSA) is 52.6 Å². The summed E-state index contributed by atoms with van der Waals surface area (Å²) >= 11 is 0. The number of hydrogen-bond donors (Lipinski definition) is 0. The van der Waals surface area contributed by atoms with Crippen LogP contribution in [-0.2, 0) is 18.3 Å². The molecule has 0 bridgehead atoms. The first-order valence-corrected chi connectivity index (χ1v) is 12.9. The van der Waals surface area contributed by atoms with E-state index in [1.165, 1.54) is 0 Å². The van der Waals surface area contributed by atoms with Crippen LogP contribution in [0.25, 0.3) is 0 Å². The van der Waals surface area contributed by atoms with E-state index in [-0.39, 0.29) is 0 Å². The zero-order chi connectivity index (χ0) is 27.8. The highest BCUT2D eigenvalue weighted by Gasteiger charge is 2.26. The first-order chi connectivity index (χ1) is 18.8. The van der Waals surface area contributed by atoms with Crippen LogP contribution in [0, 0.1) is 0 Å². The van der Waals surface area contributed by atoms with Gasteiger partial charge >= 0.3 is 11.9 Å². The van der Waals surface area contributed by atoms with Gasteiger partial charge in [-0.1, -0.05) is 86.7 Å². The molecule has 196 valence electrons. The third-order valence-electron chi connectivity index (χ3n) is 6.72. The summed E-state index contributed by atoms with van der Waals surface area (Å²) in [5.74, 6) is 0.225. The molecule has 0 unspecified atom stereocenters. The van der Waals surface area contributed by atoms with Crippen molar-refractivity contribution in [2.24, 2.45) is 0 Å². The molecule has 0 saturated heterocycles. The summed E-state index contributed by atoms with van der Waals surface area (Å²) in [6.07, 6.45) is 4.70. The van der Waals surface area contributed by atoms with Crippen LogP contribution in [-0.4, -0.2) is 11.9 Å². The lowest BCUT2D eigenvalue weighted by Gasteiger charge is -2.28. The van der Waals surface area contributed by atoms with Crippen molar-refractivity contribution in [1.82, 2.24) is 0 Å². The summed E-state index contributed by atoms with van der Waals surface area (Å²) in [6, 6.07) is 29.6. The van der Waals surface area contributed by atoms with Crippen LogP contribution in [0.15, 0.2) is 122 Å². The van der Waals surface area contributed by atoms with E-state index in [1.807, 2.05) is 36.4 Å². The number of carbonyl (C=O) groups is 2. The van der Waals surface area contributed by atoms with Crippen LogP contribution in [0.2, 0.25) is 0 Å². The van der Waals surface area contributed by atoms with E-state index in [4.69, 9.17) is 9.47 Å². The standard InChI is InChI=1S/C35H32O4/c1-5-13-27-23-29(19-21-31(27)38-33(36)25-15-9-7-10-16-25)35(3,4)30-20-22-32(28(24-30)14-6-2)39-34(37)26-17-11-8-12-18-26/h5-12,15-24H,1-2,13-14H2,3-4H3. The maximum Gasteiger partial charge on any atom is 0.343 e. The van der Waals surface area contributed by atoms with Gasteiger partial charge in [-0.25, -0.2) is 9.59 Å². The molecule has 4 nitrogen and oxygen atoms in total.